The molecule has 1 rings (SSSR count). The molecule has 1 saturated carbocycles. The number of esters is 1. The molecule has 4 heteroatoms. The average Bonchev–Trinajstić information content (AvgIpc) is 3.21. The first-order valence-electron chi connectivity index (χ1n) is 7.96. The molecule has 1 aliphatic carbocycles. The summed E-state index contributed by atoms with van der Waals surface area (Å²) in [6.07, 6.45) is 5.42. The highest BCUT2D eigenvalue weighted by molar-refractivity contribution is 5.80. The Hall–Kier alpha value is -0.610. The molecule has 1 aliphatic rings. The fourth-order valence-corrected chi connectivity index (χ4v) is 2.59. The summed E-state index contributed by atoms with van der Waals surface area (Å²) in [5.41, 5.74) is -0.521. The summed E-state index contributed by atoms with van der Waals surface area (Å²) in [6.45, 7) is 8.65. The normalized spacial score (nSPS) is 19.7. The van der Waals surface area contributed by atoms with E-state index >= 15 is 0 Å². The summed E-state index contributed by atoms with van der Waals surface area (Å²) in [6, 6.07) is 0.511. The number of nitrogens with zero attached hydrogens (tertiary/aromatic N) is 1. The van der Waals surface area contributed by atoms with Crippen LogP contribution >= 0.6 is 0 Å². The van der Waals surface area contributed by atoms with Gasteiger partial charge in [-0.3, -0.25) is 10.1 Å². The van der Waals surface area contributed by atoms with Gasteiger partial charge in [0.2, 0.25) is 0 Å². The largest absolute Gasteiger partial charge is 0.468 e. The van der Waals surface area contributed by atoms with E-state index in [0.29, 0.717) is 6.04 Å². The Morgan fingerprint density at radius 1 is 1.50 bits per heavy atom. The Kier molecular flexibility index (Phi) is 6.96. The van der Waals surface area contributed by atoms with E-state index in [1.165, 1.54) is 26.4 Å². The number of methoxy groups -OCH3 is 1. The smallest absolute Gasteiger partial charge is 0.325 e. The van der Waals surface area contributed by atoms with Crippen LogP contribution < -0.4 is 5.32 Å². The summed E-state index contributed by atoms with van der Waals surface area (Å²) in [5.74, 6) is 0.602. The van der Waals surface area contributed by atoms with Crippen LogP contribution in [0.2, 0.25) is 0 Å². The molecular formula is C16H32N2O2. The molecular weight excluding hydrogens is 252 g/mol. The van der Waals surface area contributed by atoms with Gasteiger partial charge in [0.05, 0.1) is 7.11 Å². The van der Waals surface area contributed by atoms with Crippen LogP contribution in [-0.4, -0.2) is 49.7 Å². The molecule has 20 heavy (non-hydrogen) atoms. The molecule has 2 atom stereocenters. The van der Waals surface area contributed by atoms with E-state index in [4.69, 9.17) is 4.74 Å². The number of hydrogen-bond acceptors (Lipinski definition) is 4. The van der Waals surface area contributed by atoms with Crippen molar-refractivity contribution in [3.05, 3.63) is 0 Å². The molecule has 0 radical (unpaired) electrons. The highest BCUT2D eigenvalue weighted by Gasteiger charge is 2.38. The lowest BCUT2D eigenvalue weighted by Crippen LogP contribution is -2.51. The third kappa shape index (κ3) is 5.80. The van der Waals surface area contributed by atoms with Crippen LogP contribution in [0.15, 0.2) is 0 Å². The van der Waals surface area contributed by atoms with Crippen molar-refractivity contribution in [2.24, 2.45) is 5.92 Å². The van der Waals surface area contributed by atoms with Crippen molar-refractivity contribution in [2.45, 2.75) is 64.5 Å². The van der Waals surface area contributed by atoms with Crippen molar-refractivity contribution >= 4 is 5.97 Å². The van der Waals surface area contributed by atoms with Crippen molar-refractivity contribution in [1.82, 2.24) is 10.2 Å². The second-order valence-electron chi connectivity index (χ2n) is 6.62. The average molecular weight is 284 g/mol. The number of ether oxygens (including phenoxy) is 1. The van der Waals surface area contributed by atoms with Gasteiger partial charge in [-0.2, -0.15) is 0 Å². The molecule has 118 valence electrons. The van der Waals surface area contributed by atoms with Crippen LogP contribution in [0.4, 0.5) is 0 Å². The van der Waals surface area contributed by atoms with Crippen LogP contribution in [0.25, 0.3) is 0 Å². The number of carbonyl (C=O) groups is 1. The summed E-state index contributed by atoms with van der Waals surface area (Å²) >= 11 is 0. The number of hydrogen-bond donors (Lipinski definition) is 1. The standard InChI is InChI=1S/C16H32N2O2/c1-6-13(2)12-18(4)11-7-10-16(3,15(19)20-5)17-14-8-9-14/h13-14,17H,6-12H2,1-5H3. The molecule has 0 saturated heterocycles. The zero-order valence-corrected chi connectivity index (χ0v) is 13.9. The van der Waals surface area contributed by atoms with E-state index in [2.05, 4.69) is 31.1 Å². The minimum Gasteiger partial charge on any atom is -0.468 e. The van der Waals surface area contributed by atoms with Crippen LogP contribution in [0.1, 0.15) is 52.9 Å². The molecule has 2 unspecified atom stereocenters. The van der Waals surface area contributed by atoms with Gasteiger partial charge in [0.15, 0.2) is 0 Å². The second-order valence-corrected chi connectivity index (χ2v) is 6.62. The lowest BCUT2D eigenvalue weighted by Gasteiger charge is -2.29. The molecule has 0 aromatic rings. The Morgan fingerprint density at radius 3 is 2.65 bits per heavy atom. The first-order chi connectivity index (χ1) is 9.41. The van der Waals surface area contributed by atoms with Crippen LogP contribution in [0.3, 0.4) is 0 Å². The van der Waals surface area contributed by atoms with Gasteiger partial charge in [0.25, 0.3) is 0 Å². The fourth-order valence-electron chi connectivity index (χ4n) is 2.59. The van der Waals surface area contributed by atoms with Crippen molar-refractivity contribution in [3.8, 4) is 0 Å². The molecule has 0 bridgehead atoms. The highest BCUT2D eigenvalue weighted by atomic mass is 16.5. The third-order valence-electron chi connectivity index (χ3n) is 4.27. The maximum atomic E-state index is 12.0. The van der Waals surface area contributed by atoms with E-state index in [1.54, 1.807) is 0 Å². The van der Waals surface area contributed by atoms with Crippen molar-refractivity contribution in [1.29, 1.82) is 0 Å². The van der Waals surface area contributed by atoms with Gasteiger partial charge in [-0.15, -0.1) is 0 Å². The topological polar surface area (TPSA) is 41.6 Å². The lowest BCUT2D eigenvalue weighted by molar-refractivity contribution is -0.148. The SMILES string of the molecule is CCC(C)CN(C)CCCC(C)(NC1CC1)C(=O)OC. The monoisotopic (exact) mass is 284 g/mol. The van der Waals surface area contributed by atoms with Crippen LogP contribution in [0, 0.1) is 5.92 Å². The van der Waals surface area contributed by atoms with E-state index in [1.807, 2.05) is 6.92 Å². The Balaban J connectivity index is 2.36. The number of carbonyl (C=O) groups excluding carboxylic acids is 1. The van der Waals surface area contributed by atoms with Crippen LogP contribution in [-0.2, 0) is 9.53 Å². The molecule has 0 amide bonds. The quantitative estimate of drug-likeness (QED) is 0.626. The Labute approximate surface area is 124 Å². The number of rotatable bonds is 10. The predicted octanol–water partition coefficient (Wildman–Crippen LogP) is 2.43. The maximum absolute atomic E-state index is 12.0. The molecule has 0 aromatic carbocycles. The summed E-state index contributed by atoms with van der Waals surface area (Å²) in [5, 5.41) is 3.45. The third-order valence-corrected chi connectivity index (χ3v) is 4.27. The molecule has 1 fully saturated rings. The van der Waals surface area contributed by atoms with Gasteiger partial charge in [0.1, 0.15) is 5.54 Å². The highest BCUT2D eigenvalue weighted by Crippen LogP contribution is 2.25. The zero-order valence-electron chi connectivity index (χ0n) is 13.9. The molecule has 0 aliphatic heterocycles. The lowest BCUT2D eigenvalue weighted by atomic mass is 9.95. The summed E-state index contributed by atoms with van der Waals surface area (Å²) in [4.78, 5) is 14.4. The Bertz CT molecular complexity index is 305. The van der Waals surface area contributed by atoms with Crippen molar-refractivity contribution in [3.63, 3.8) is 0 Å². The minimum absolute atomic E-state index is 0.131. The van der Waals surface area contributed by atoms with Crippen LogP contribution in [0.5, 0.6) is 0 Å². The molecule has 0 spiro atoms. The first-order valence-corrected chi connectivity index (χ1v) is 7.96. The molecule has 1 N–H and O–H groups in total. The Morgan fingerprint density at radius 2 is 2.15 bits per heavy atom. The molecule has 0 aromatic heterocycles. The van der Waals surface area contributed by atoms with Gasteiger partial charge in [0, 0.05) is 12.6 Å². The van der Waals surface area contributed by atoms with Gasteiger partial charge < -0.3 is 9.64 Å². The van der Waals surface area contributed by atoms with E-state index in [-0.39, 0.29) is 5.97 Å². The van der Waals surface area contributed by atoms with Gasteiger partial charge in [-0.1, -0.05) is 20.3 Å². The van der Waals surface area contributed by atoms with E-state index < -0.39 is 5.54 Å². The van der Waals surface area contributed by atoms with Gasteiger partial charge in [-0.05, 0) is 52.1 Å². The van der Waals surface area contributed by atoms with Gasteiger partial charge in [-0.25, -0.2) is 0 Å². The zero-order chi connectivity index (χ0) is 15.2. The minimum atomic E-state index is -0.521. The summed E-state index contributed by atoms with van der Waals surface area (Å²) in [7, 11) is 3.64. The van der Waals surface area contributed by atoms with Crippen molar-refractivity contribution in [2.75, 3.05) is 27.2 Å². The van der Waals surface area contributed by atoms with Crippen molar-refractivity contribution < 1.29 is 9.53 Å². The van der Waals surface area contributed by atoms with E-state index in [0.717, 1.165) is 31.8 Å². The predicted molar refractivity (Wildman–Crippen MR) is 82.8 cm³/mol. The van der Waals surface area contributed by atoms with E-state index in [9.17, 15) is 4.79 Å². The maximum Gasteiger partial charge on any atom is 0.325 e. The second kappa shape index (κ2) is 7.99. The molecule has 4 nitrogen and oxygen atoms in total. The first kappa shape index (κ1) is 17.4. The summed E-state index contributed by atoms with van der Waals surface area (Å²) < 4.78 is 4.97. The molecule has 0 heterocycles. The number of nitrogens with one attached hydrogen (secondary N) is 1. The fraction of sp³-hybridized carbons (Fsp3) is 0.938. The van der Waals surface area contributed by atoms with Gasteiger partial charge >= 0.3 is 5.97 Å².